The van der Waals surface area contributed by atoms with Gasteiger partial charge < -0.3 is 25.8 Å². The van der Waals surface area contributed by atoms with Gasteiger partial charge in [-0.25, -0.2) is 0 Å². The first-order chi connectivity index (χ1) is 8.13. The van der Waals surface area contributed by atoms with E-state index in [4.69, 9.17) is 4.74 Å². The summed E-state index contributed by atoms with van der Waals surface area (Å²) in [5, 5.41) is 16.8. The predicted molar refractivity (Wildman–Crippen MR) is 59.4 cm³/mol. The van der Waals surface area contributed by atoms with E-state index in [0.717, 1.165) is 0 Å². The fourth-order valence-corrected chi connectivity index (χ4v) is 1.13. The van der Waals surface area contributed by atoms with E-state index in [1.165, 1.54) is 12.3 Å². The second kappa shape index (κ2) is 6.66. The van der Waals surface area contributed by atoms with Crippen molar-refractivity contribution >= 4 is 11.8 Å². The molecule has 17 heavy (non-hydrogen) atoms. The summed E-state index contributed by atoms with van der Waals surface area (Å²) in [6.07, 6.45) is 3.19. The first-order valence-corrected chi connectivity index (χ1v) is 5.05. The number of nitrogens with one attached hydrogen (secondary N) is 3. The van der Waals surface area contributed by atoms with Gasteiger partial charge in [0.15, 0.2) is 0 Å². The number of hydrogen-bond donors (Lipinski definition) is 4. The lowest BCUT2D eigenvalue weighted by Crippen LogP contribution is -2.41. The van der Waals surface area contributed by atoms with Crippen LogP contribution in [0, 0.1) is 0 Å². The lowest BCUT2D eigenvalue weighted by molar-refractivity contribution is -0.125. The van der Waals surface area contributed by atoms with E-state index in [1.54, 1.807) is 13.1 Å². The van der Waals surface area contributed by atoms with E-state index < -0.39 is 12.2 Å². The average Bonchev–Trinajstić information content (AvgIpc) is 2.30. The molecule has 4 N–H and O–H groups in total. The van der Waals surface area contributed by atoms with Crippen molar-refractivity contribution in [3.05, 3.63) is 24.1 Å². The molecule has 7 heteroatoms. The van der Waals surface area contributed by atoms with Crippen LogP contribution in [0.5, 0.6) is 0 Å². The van der Waals surface area contributed by atoms with E-state index in [1.807, 2.05) is 0 Å². The van der Waals surface area contributed by atoms with Crippen LogP contribution in [-0.4, -0.2) is 43.3 Å². The maximum absolute atomic E-state index is 11.4. The van der Waals surface area contributed by atoms with Crippen LogP contribution in [0.3, 0.4) is 0 Å². The Morgan fingerprint density at radius 1 is 1.41 bits per heavy atom. The second-order valence-electron chi connectivity index (χ2n) is 3.29. The third-order valence-electron chi connectivity index (χ3n) is 1.90. The summed E-state index contributed by atoms with van der Waals surface area (Å²) in [5.41, 5.74) is 0.236. The van der Waals surface area contributed by atoms with E-state index in [-0.39, 0.29) is 24.7 Å². The normalized spacial score (nSPS) is 18.0. The Morgan fingerprint density at radius 3 is 2.82 bits per heavy atom. The third kappa shape index (κ3) is 4.66. The van der Waals surface area contributed by atoms with Crippen molar-refractivity contribution in [2.45, 2.75) is 6.29 Å². The molecule has 1 aliphatic heterocycles. The monoisotopic (exact) mass is 241 g/mol. The van der Waals surface area contributed by atoms with Gasteiger partial charge in [-0.1, -0.05) is 0 Å². The second-order valence-corrected chi connectivity index (χ2v) is 3.29. The number of rotatable bonds is 5. The number of likely N-dealkylation sites (N-methyl/N-ethyl adjacent to an activating group) is 1. The molecule has 0 aromatic rings. The molecule has 7 nitrogen and oxygen atoms in total. The van der Waals surface area contributed by atoms with Crippen molar-refractivity contribution in [2.75, 3.05) is 20.1 Å². The zero-order chi connectivity index (χ0) is 12.7. The summed E-state index contributed by atoms with van der Waals surface area (Å²) in [7, 11) is 1.63. The van der Waals surface area contributed by atoms with Gasteiger partial charge in [-0.05, 0) is 19.2 Å². The summed E-state index contributed by atoms with van der Waals surface area (Å²) in [6.45, 7) is -0.0151. The predicted octanol–water partition coefficient (Wildman–Crippen LogP) is -1.82. The zero-order valence-electron chi connectivity index (χ0n) is 9.40. The van der Waals surface area contributed by atoms with Crippen LogP contribution in [0.15, 0.2) is 24.1 Å². The van der Waals surface area contributed by atoms with Crippen LogP contribution in [0.4, 0.5) is 0 Å². The molecule has 0 aromatic heterocycles. The van der Waals surface area contributed by atoms with E-state index in [2.05, 4.69) is 16.0 Å². The van der Waals surface area contributed by atoms with Gasteiger partial charge >= 0.3 is 0 Å². The van der Waals surface area contributed by atoms with Gasteiger partial charge in [0.05, 0.1) is 25.0 Å². The zero-order valence-corrected chi connectivity index (χ0v) is 9.40. The first-order valence-electron chi connectivity index (χ1n) is 5.05. The van der Waals surface area contributed by atoms with Crippen molar-refractivity contribution in [3.8, 4) is 0 Å². The summed E-state index contributed by atoms with van der Waals surface area (Å²) in [4.78, 5) is 22.4. The van der Waals surface area contributed by atoms with Gasteiger partial charge in [-0.3, -0.25) is 9.59 Å². The number of allylic oxidation sites excluding steroid dienone is 2. The van der Waals surface area contributed by atoms with Gasteiger partial charge in [0.25, 0.3) is 0 Å². The van der Waals surface area contributed by atoms with E-state index in [0.29, 0.717) is 0 Å². The fourth-order valence-electron chi connectivity index (χ4n) is 1.13. The van der Waals surface area contributed by atoms with Gasteiger partial charge in [0.2, 0.25) is 18.1 Å². The average molecular weight is 241 g/mol. The minimum Gasteiger partial charge on any atom is -0.467 e. The molecule has 1 aliphatic rings. The minimum atomic E-state index is -1.18. The molecule has 1 heterocycles. The van der Waals surface area contributed by atoms with Crippen molar-refractivity contribution < 1.29 is 19.4 Å². The summed E-state index contributed by atoms with van der Waals surface area (Å²) >= 11 is 0. The lowest BCUT2D eigenvalue weighted by atomic mass is 10.3. The molecule has 0 bridgehead atoms. The maximum Gasteiger partial charge on any atom is 0.243 e. The SMILES string of the molecule is CNCC(=O)NCC(=O)NC1=CC=COC1O. The van der Waals surface area contributed by atoms with Crippen LogP contribution >= 0.6 is 0 Å². The molecule has 0 aliphatic carbocycles. The molecule has 0 radical (unpaired) electrons. The molecule has 2 amide bonds. The van der Waals surface area contributed by atoms with Crippen molar-refractivity contribution in [3.63, 3.8) is 0 Å². The Morgan fingerprint density at radius 2 is 2.18 bits per heavy atom. The summed E-state index contributed by atoms with van der Waals surface area (Å²) < 4.78 is 4.75. The highest BCUT2D eigenvalue weighted by Crippen LogP contribution is 2.06. The topological polar surface area (TPSA) is 99.7 Å². The molecular formula is C10H15N3O4. The van der Waals surface area contributed by atoms with E-state index >= 15 is 0 Å². The van der Waals surface area contributed by atoms with E-state index in [9.17, 15) is 14.7 Å². The largest absolute Gasteiger partial charge is 0.467 e. The molecule has 0 aromatic carbocycles. The van der Waals surface area contributed by atoms with Gasteiger partial charge in [-0.2, -0.15) is 0 Å². The fraction of sp³-hybridized carbons (Fsp3) is 0.400. The number of carbonyl (C=O) groups excluding carboxylic acids is 2. The Balaban J connectivity index is 2.32. The number of aliphatic hydroxyl groups excluding tert-OH is 1. The number of ether oxygens (including phenoxy) is 1. The quantitative estimate of drug-likeness (QED) is 0.454. The van der Waals surface area contributed by atoms with Crippen LogP contribution in [0.2, 0.25) is 0 Å². The molecule has 1 unspecified atom stereocenters. The van der Waals surface area contributed by atoms with Gasteiger partial charge in [-0.15, -0.1) is 0 Å². The Labute approximate surface area is 98.5 Å². The smallest absolute Gasteiger partial charge is 0.243 e. The number of amides is 2. The van der Waals surface area contributed by atoms with Crippen molar-refractivity contribution in [1.29, 1.82) is 0 Å². The third-order valence-corrected chi connectivity index (χ3v) is 1.90. The molecule has 94 valence electrons. The Kier molecular flexibility index (Phi) is 5.18. The van der Waals surface area contributed by atoms with Crippen LogP contribution < -0.4 is 16.0 Å². The number of carbonyl (C=O) groups is 2. The van der Waals surface area contributed by atoms with Crippen LogP contribution in [0.25, 0.3) is 0 Å². The van der Waals surface area contributed by atoms with Crippen molar-refractivity contribution in [2.24, 2.45) is 0 Å². The van der Waals surface area contributed by atoms with Crippen molar-refractivity contribution in [1.82, 2.24) is 16.0 Å². The lowest BCUT2D eigenvalue weighted by Gasteiger charge is -2.17. The maximum atomic E-state index is 11.4. The first kappa shape index (κ1) is 13.2. The standard InChI is InChI=1S/C10H15N3O4/c1-11-5-8(14)12-6-9(15)13-7-3-2-4-17-10(7)16/h2-4,10-11,16H,5-6H2,1H3,(H,12,14)(H,13,15). The molecule has 0 spiro atoms. The number of aliphatic hydroxyl groups is 1. The molecule has 0 saturated heterocycles. The number of hydrogen-bond acceptors (Lipinski definition) is 5. The Bertz CT molecular complexity index is 351. The van der Waals surface area contributed by atoms with Crippen LogP contribution in [-0.2, 0) is 14.3 Å². The molecule has 1 rings (SSSR count). The summed E-state index contributed by atoms with van der Waals surface area (Å²) in [5.74, 6) is -0.712. The highest BCUT2D eigenvalue weighted by molar-refractivity contribution is 5.86. The van der Waals surface area contributed by atoms with Gasteiger partial charge in [0, 0.05) is 0 Å². The highest BCUT2D eigenvalue weighted by Gasteiger charge is 2.15. The highest BCUT2D eigenvalue weighted by atomic mass is 16.6. The van der Waals surface area contributed by atoms with Gasteiger partial charge in [0.1, 0.15) is 0 Å². The molecule has 0 fully saturated rings. The molecule has 1 atom stereocenters. The van der Waals surface area contributed by atoms with Crippen LogP contribution in [0.1, 0.15) is 0 Å². The molecular weight excluding hydrogens is 226 g/mol. The minimum absolute atomic E-state index is 0.143. The molecule has 0 saturated carbocycles. The summed E-state index contributed by atoms with van der Waals surface area (Å²) in [6, 6.07) is 0. The Hall–Kier alpha value is -1.86.